The smallest absolute Gasteiger partial charge is 0.306 e. The van der Waals surface area contributed by atoms with Crippen LogP contribution in [-0.4, -0.2) is 22.1 Å². The van der Waals surface area contributed by atoms with Gasteiger partial charge in [0, 0.05) is 17.2 Å². The molecule has 1 amide bonds. The number of carboxylic acid groups (broad SMARTS) is 1. The zero-order chi connectivity index (χ0) is 13.8. The van der Waals surface area contributed by atoms with E-state index in [1.807, 2.05) is 0 Å². The number of aliphatic carboxylic acids is 1. The van der Waals surface area contributed by atoms with Gasteiger partial charge in [0.1, 0.15) is 0 Å². The van der Waals surface area contributed by atoms with Gasteiger partial charge in [-0.05, 0) is 25.3 Å². The van der Waals surface area contributed by atoms with Crippen molar-refractivity contribution in [2.45, 2.75) is 25.9 Å². The first-order valence-corrected chi connectivity index (χ1v) is 6.34. The maximum Gasteiger partial charge on any atom is 0.306 e. The average molecular weight is 263 g/mol. The number of carboxylic acids is 1. The van der Waals surface area contributed by atoms with E-state index in [0.29, 0.717) is 30.5 Å². The number of amides is 1. The monoisotopic (exact) mass is 263 g/mol. The van der Waals surface area contributed by atoms with Crippen molar-refractivity contribution in [1.29, 1.82) is 0 Å². The van der Waals surface area contributed by atoms with Crippen molar-refractivity contribution in [3.05, 3.63) is 29.8 Å². The molecular weight excluding hydrogens is 246 g/mol. The topological polar surface area (TPSA) is 86.6 Å². The molecule has 102 valence electrons. The van der Waals surface area contributed by atoms with Crippen molar-refractivity contribution in [2.24, 2.45) is 11.8 Å². The number of hydrogen-bond donors (Lipinski definition) is 3. The molecule has 0 bridgehead atoms. The summed E-state index contributed by atoms with van der Waals surface area (Å²) in [7, 11) is 0. The molecule has 5 heteroatoms. The molecule has 2 atom stereocenters. The summed E-state index contributed by atoms with van der Waals surface area (Å²) in [6.45, 7) is -0.140. The molecule has 0 aliphatic heterocycles. The first-order valence-electron chi connectivity index (χ1n) is 6.34. The van der Waals surface area contributed by atoms with Crippen molar-refractivity contribution in [3.63, 3.8) is 0 Å². The van der Waals surface area contributed by atoms with Crippen molar-refractivity contribution < 1.29 is 19.8 Å². The fraction of sp³-hybridized carbons (Fsp3) is 0.429. The summed E-state index contributed by atoms with van der Waals surface area (Å²) in [4.78, 5) is 22.9. The molecule has 19 heavy (non-hydrogen) atoms. The minimum Gasteiger partial charge on any atom is -0.481 e. The number of aliphatic hydroxyl groups is 1. The minimum absolute atomic E-state index is 0.140. The number of carbonyl (C=O) groups is 2. The minimum atomic E-state index is -0.828. The van der Waals surface area contributed by atoms with Crippen LogP contribution in [0.3, 0.4) is 0 Å². The van der Waals surface area contributed by atoms with E-state index in [1.165, 1.54) is 0 Å². The van der Waals surface area contributed by atoms with Gasteiger partial charge in [0.2, 0.25) is 5.91 Å². The van der Waals surface area contributed by atoms with Crippen molar-refractivity contribution in [1.82, 2.24) is 0 Å². The summed E-state index contributed by atoms with van der Waals surface area (Å²) in [6.07, 6.45) is 1.54. The number of nitrogens with one attached hydrogen (secondary N) is 1. The first-order chi connectivity index (χ1) is 9.11. The molecule has 2 unspecified atom stereocenters. The van der Waals surface area contributed by atoms with E-state index in [4.69, 9.17) is 5.11 Å². The van der Waals surface area contributed by atoms with Crippen molar-refractivity contribution in [2.75, 3.05) is 5.32 Å². The Bertz CT molecular complexity index is 486. The predicted molar refractivity (Wildman–Crippen MR) is 69.5 cm³/mol. The average Bonchev–Trinajstić information content (AvgIpc) is 2.89. The van der Waals surface area contributed by atoms with Gasteiger partial charge < -0.3 is 15.5 Å². The van der Waals surface area contributed by atoms with Crippen LogP contribution in [0.4, 0.5) is 5.69 Å². The van der Waals surface area contributed by atoms with E-state index in [2.05, 4.69) is 5.32 Å². The molecule has 0 radical (unpaired) electrons. The maximum atomic E-state index is 12.1. The highest BCUT2D eigenvalue weighted by Gasteiger charge is 2.33. The third-order valence-electron chi connectivity index (χ3n) is 3.60. The molecular formula is C14H17NO4. The van der Waals surface area contributed by atoms with Crippen molar-refractivity contribution >= 4 is 17.6 Å². The molecule has 0 aromatic heterocycles. The fourth-order valence-electron chi connectivity index (χ4n) is 2.46. The normalized spacial score (nSPS) is 22.2. The number of hydrogen-bond acceptors (Lipinski definition) is 3. The Hall–Kier alpha value is -1.88. The van der Waals surface area contributed by atoms with Crippen LogP contribution in [0.5, 0.6) is 0 Å². The number of carbonyl (C=O) groups excluding carboxylic acids is 1. The van der Waals surface area contributed by atoms with Gasteiger partial charge in [0.05, 0.1) is 12.5 Å². The quantitative estimate of drug-likeness (QED) is 0.770. The van der Waals surface area contributed by atoms with Gasteiger partial charge >= 0.3 is 5.97 Å². The Labute approximate surface area is 111 Å². The maximum absolute atomic E-state index is 12.1. The van der Waals surface area contributed by atoms with Gasteiger partial charge in [0.25, 0.3) is 0 Å². The lowest BCUT2D eigenvalue weighted by Gasteiger charge is -2.13. The largest absolute Gasteiger partial charge is 0.481 e. The summed E-state index contributed by atoms with van der Waals surface area (Å²) >= 11 is 0. The van der Waals surface area contributed by atoms with Crippen LogP contribution in [0.25, 0.3) is 0 Å². The van der Waals surface area contributed by atoms with Crippen LogP contribution in [-0.2, 0) is 16.2 Å². The van der Waals surface area contributed by atoms with Crippen LogP contribution in [0.2, 0.25) is 0 Å². The second-order valence-electron chi connectivity index (χ2n) is 4.85. The van der Waals surface area contributed by atoms with Crippen LogP contribution in [0.1, 0.15) is 24.8 Å². The van der Waals surface area contributed by atoms with E-state index in [9.17, 15) is 14.7 Å². The highest BCUT2D eigenvalue weighted by Crippen LogP contribution is 2.32. The third-order valence-corrected chi connectivity index (χ3v) is 3.60. The lowest BCUT2D eigenvalue weighted by atomic mass is 10.0. The highest BCUT2D eigenvalue weighted by molar-refractivity contribution is 5.93. The van der Waals surface area contributed by atoms with Gasteiger partial charge in [-0.1, -0.05) is 18.2 Å². The highest BCUT2D eigenvalue weighted by atomic mass is 16.4. The number of benzene rings is 1. The zero-order valence-corrected chi connectivity index (χ0v) is 10.5. The van der Waals surface area contributed by atoms with Crippen LogP contribution in [0.15, 0.2) is 24.3 Å². The molecule has 5 nitrogen and oxygen atoms in total. The van der Waals surface area contributed by atoms with Gasteiger partial charge in [-0.3, -0.25) is 9.59 Å². The molecule has 1 aromatic carbocycles. The number of rotatable bonds is 4. The lowest BCUT2D eigenvalue weighted by molar-refractivity contribution is -0.141. The van der Waals surface area contributed by atoms with Gasteiger partial charge in [0.15, 0.2) is 0 Å². The Morgan fingerprint density at radius 1 is 1.21 bits per heavy atom. The summed E-state index contributed by atoms with van der Waals surface area (Å²) in [5.74, 6) is -1.66. The summed E-state index contributed by atoms with van der Waals surface area (Å²) in [6, 6.07) is 7.04. The molecule has 1 saturated carbocycles. The van der Waals surface area contributed by atoms with Gasteiger partial charge in [-0.25, -0.2) is 0 Å². The zero-order valence-electron chi connectivity index (χ0n) is 10.5. The third kappa shape index (κ3) is 3.12. The Morgan fingerprint density at radius 3 is 2.53 bits per heavy atom. The molecule has 1 aromatic rings. The number of para-hydroxylation sites is 1. The predicted octanol–water partition coefficient (Wildman–Crippen LogP) is 1.62. The first kappa shape index (κ1) is 13.5. The molecule has 3 N–H and O–H groups in total. The Morgan fingerprint density at radius 2 is 1.89 bits per heavy atom. The lowest BCUT2D eigenvalue weighted by Crippen LogP contribution is -2.22. The second-order valence-corrected chi connectivity index (χ2v) is 4.85. The van der Waals surface area contributed by atoms with Crippen LogP contribution in [0, 0.1) is 11.8 Å². The van der Waals surface area contributed by atoms with Crippen LogP contribution < -0.4 is 5.32 Å². The molecule has 0 saturated heterocycles. The Balaban J connectivity index is 2.00. The summed E-state index contributed by atoms with van der Waals surface area (Å²) < 4.78 is 0. The number of anilines is 1. The number of aliphatic hydroxyl groups excluding tert-OH is 1. The molecule has 1 aliphatic rings. The molecule has 0 spiro atoms. The second kappa shape index (κ2) is 5.84. The SMILES string of the molecule is O=C(O)C1CCC(C(=O)Nc2ccccc2CO)C1. The molecule has 1 aliphatic carbocycles. The van der Waals surface area contributed by atoms with E-state index in [-0.39, 0.29) is 18.4 Å². The van der Waals surface area contributed by atoms with E-state index < -0.39 is 11.9 Å². The summed E-state index contributed by atoms with van der Waals surface area (Å²) in [5, 5.41) is 20.9. The van der Waals surface area contributed by atoms with E-state index >= 15 is 0 Å². The van der Waals surface area contributed by atoms with Gasteiger partial charge in [-0.15, -0.1) is 0 Å². The molecule has 0 heterocycles. The van der Waals surface area contributed by atoms with E-state index in [1.54, 1.807) is 24.3 Å². The molecule has 1 fully saturated rings. The van der Waals surface area contributed by atoms with Crippen molar-refractivity contribution in [3.8, 4) is 0 Å². The van der Waals surface area contributed by atoms with Gasteiger partial charge in [-0.2, -0.15) is 0 Å². The Kier molecular flexibility index (Phi) is 4.16. The molecule has 2 rings (SSSR count). The standard InChI is InChI=1S/C14H17NO4/c16-8-11-3-1-2-4-12(11)15-13(17)9-5-6-10(7-9)14(18)19/h1-4,9-10,16H,5-8H2,(H,15,17)(H,18,19). The van der Waals surface area contributed by atoms with E-state index in [0.717, 1.165) is 0 Å². The van der Waals surface area contributed by atoms with Crippen LogP contribution >= 0.6 is 0 Å². The summed E-state index contributed by atoms with van der Waals surface area (Å²) in [5.41, 5.74) is 1.25. The fourth-order valence-corrected chi connectivity index (χ4v) is 2.46.